The Balaban J connectivity index is 1.74. The molecule has 2 aromatic carbocycles. The van der Waals surface area contributed by atoms with Gasteiger partial charge in [-0.1, -0.05) is 38.3 Å². The van der Waals surface area contributed by atoms with E-state index in [9.17, 15) is 4.79 Å². The van der Waals surface area contributed by atoms with Gasteiger partial charge in [-0.25, -0.2) is 0 Å². The summed E-state index contributed by atoms with van der Waals surface area (Å²) in [5.74, 6) is 1.41. The average Bonchev–Trinajstić information content (AvgIpc) is 2.67. The van der Waals surface area contributed by atoms with Crippen LogP contribution in [0.1, 0.15) is 32.6 Å². The number of carbonyl (C=O) groups excluding carboxylic acids is 1. The number of amides is 1. The SMILES string of the molecule is CCCCCCOc1ccc(NC(=O)CNc2ccccc2OC)cc1. The molecule has 0 aliphatic carbocycles. The molecule has 0 aliphatic heterocycles. The maximum Gasteiger partial charge on any atom is 0.243 e. The van der Waals surface area contributed by atoms with Crippen molar-refractivity contribution in [3.8, 4) is 11.5 Å². The molecule has 5 nitrogen and oxygen atoms in total. The van der Waals surface area contributed by atoms with E-state index in [-0.39, 0.29) is 12.5 Å². The van der Waals surface area contributed by atoms with Gasteiger partial charge in [0.1, 0.15) is 11.5 Å². The van der Waals surface area contributed by atoms with E-state index in [1.54, 1.807) is 7.11 Å². The van der Waals surface area contributed by atoms with Crippen LogP contribution in [0, 0.1) is 0 Å². The van der Waals surface area contributed by atoms with Crippen molar-refractivity contribution in [1.29, 1.82) is 0 Å². The molecular weight excluding hydrogens is 328 g/mol. The molecule has 2 N–H and O–H groups in total. The van der Waals surface area contributed by atoms with Crippen molar-refractivity contribution in [2.24, 2.45) is 0 Å². The van der Waals surface area contributed by atoms with E-state index >= 15 is 0 Å². The van der Waals surface area contributed by atoms with Crippen LogP contribution in [-0.4, -0.2) is 26.2 Å². The molecule has 0 aromatic heterocycles. The number of rotatable bonds is 11. The molecular formula is C21H28N2O3. The van der Waals surface area contributed by atoms with E-state index in [1.165, 1.54) is 19.3 Å². The molecule has 0 unspecified atom stereocenters. The highest BCUT2D eigenvalue weighted by Crippen LogP contribution is 2.22. The van der Waals surface area contributed by atoms with Crippen LogP contribution in [-0.2, 0) is 4.79 Å². The van der Waals surface area contributed by atoms with E-state index in [0.717, 1.165) is 30.2 Å². The molecule has 2 rings (SSSR count). The van der Waals surface area contributed by atoms with E-state index in [0.29, 0.717) is 5.75 Å². The Morgan fingerprint density at radius 3 is 2.50 bits per heavy atom. The Labute approximate surface area is 155 Å². The molecule has 0 atom stereocenters. The summed E-state index contributed by atoms with van der Waals surface area (Å²) in [6, 6.07) is 15.0. The Bertz CT molecular complexity index is 671. The second-order valence-corrected chi connectivity index (χ2v) is 6.04. The van der Waals surface area contributed by atoms with Crippen molar-refractivity contribution in [1.82, 2.24) is 0 Å². The predicted molar refractivity (Wildman–Crippen MR) is 106 cm³/mol. The van der Waals surface area contributed by atoms with Gasteiger partial charge in [-0.05, 0) is 42.8 Å². The summed E-state index contributed by atoms with van der Waals surface area (Å²) in [4.78, 5) is 12.1. The normalized spacial score (nSPS) is 10.2. The first-order chi connectivity index (χ1) is 12.7. The molecule has 0 fully saturated rings. The van der Waals surface area contributed by atoms with Crippen LogP contribution in [0.2, 0.25) is 0 Å². The lowest BCUT2D eigenvalue weighted by Crippen LogP contribution is -2.21. The van der Waals surface area contributed by atoms with Crippen LogP contribution in [0.25, 0.3) is 0 Å². The molecule has 0 radical (unpaired) electrons. The van der Waals surface area contributed by atoms with E-state index < -0.39 is 0 Å². The molecule has 5 heteroatoms. The Morgan fingerprint density at radius 2 is 1.77 bits per heavy atom. The van der Waals surface area contributed by atoms with Crippen LogP contribution in [0.4, 0.5) is 11.4 Å². The Kier molecular flexibility index (Phi) is 8.33. The van der Waals surface area contributed by atoms with Gasteiger partial charge in [0, 0.05) is 5.69 Å². The van der Waals surface area contributed by atoms with Crippen LogP contribution < -0.4 is 20.1 Å². The van der Waals surface area contributed by atoms with Crippen molar-refractivity contribution in [2.75, 3.05) is 30.9 Å². The number of unbranched alkanes of at least 4 members (excludes halogenated alkanes) is 3. The van der Waals surface area contributed by atoms with Crippen LogP contribution in [0.15, 0.2) is 48.5 Å². The third-order valence-corrected chi connectivity index (χ3v) is 3.95. The minimum atomic E-state index is -0.121. The molecule has 1 amide bonds. The first-order valence-corrected chi connectivity index (χ1v) is 9.12. The summed E-state index contributed by atoms with van der Waals surface area (Å²) in [5.41, 5.74) is 1.53. The fourth-order valence-electron chi connectivity index (χ4n) is 2.52. The molecule has 0 saturated heterocycles. The molecule has 140 valence electrons. The van der Waals surface area contributed by atoms with Gasteiger partial charge < -0.3 is 20.1 Å². The topological polar surface area (TPSA) is 59.6 Å². The monoisotopic (exact) mass is 356 g/mol. The Morgan fingerprint density at radius 1 is 1.00 bits per heavy atom. The van der Waals surface area contributed by atoms with Gasteiger partial charge in [0.2, 0.25) is 5.91 Å². The fourth-order valence-corrected chi connectivity index (χ4v) is 2.52. The first kappa shape index (κ1) is 19.6. The summed E-state index contributed by atoms with van der Waals surface area (Å²) >= 11 is 0. The van der Waals surface area contributed by atoms with Crippen molar-refractivity contribution in [3.63, 3.8) is 0 Å². The van der Waals surface area contributed by atoms with Gasteiger partial charge in [0.15, 0.2) is 0 Å². The standard InChI is InChI=1S/C21H28N2O3/c1-3-4-5-8-15-26-18-13-11-17(12-14-18)23-21(24)16-22-19-9-6-7-10-20(19)25-2/h6-7,9-14,22H,3-5,8,15-16H2,1-2H3,(H,23,24). The van der Waals surface area contributed by atoms with Gasteiger partial charge in [-0.2, -0.15) is 0 Å². The highest BCUT2D eigenvalue weighted by atomic mass is 16.5. The molecule has 0 aliphatic rings. The zero-order valence-corrected chi connectivity index (χ0v) is 15.6. The summed E-state index contributed by atoms with van der Waals surface area (Å²) in [6.07, 6.45) is 4.74. The number of hydrogen-bond acceptors (Lipinski definition) is 4. The van der Waals surface area contributed by atoms with E-state index in [2.05, 4.69) is 17.6 Å². The first-order valence-electron chi connectivity index (χ1n) is 9.12. The van der Waals surface area contributed by atoms with Crippen LogP contribution >= 0.6 is 0 Å². The number of ether oxygens (including phenoxy) is 2. The zero-order valence-electron chi connectivity index (χ0n) is 15.6. The molecule has 0 saturated carbocycles. The lowest BCUT2D eigenvalue weighted by atomic mass is 10.2. The van der Waals surface area contributed by atoms with Gasteiger partial charge in [0.05, 0.1) is 25.9 Å². The van der Waals surface area contributed by atoms with Crippen molar-refractivity contribution in [2.45, 2.75) is 32.6 Å². The van der Waals surface area contributed by atoms with Gasteiger partial charge in [0.25, 0.3) is 0 Å². The lowest BCUT2D eigenvalue weighted by molar-refractivity contribution is -0.114. The highest BCUT2D eigenvalue weighted by molar-refractivity contribution is 5.94. The summed E-state index contributed by atoms with van der Waals surface area (Å²) in [5, 5.41) is 5.94. The third kappa shape index (κ3) is 6.67. The van der Waals surface area contributed by atoms with Crippen molar-refractivity contribution >= 4 is 17.3 Å². The summed E-state index contributed by atoms with van der Waals surface area (Å²) in [7, 11) is 1.61. The number of nitrogens with one attached hydrogen (secondary N) is 2. The van der Waals surface area contributed by atoms with Crippen molar-refractivity contribution < 1.29 is 14.3 Å². The minimum absolute atomic E-state index is 0.121. The number of carbonyl (C=O) groups is 1. The van der Waals surface area contributed by atoms with Crippen LogP contribution in [0.3, 0.4) is 0 Å². The largest absolute Gasteiger partial charge is 0.495 e. The van der Waals surface area contributed by atoms with Gasteiger partial charge >= 0.3 is 0 Å². The average molecular weight is 356 g/mol. The molecule has 0 bridgehead atoms. The highest BCUT2D eigenvalue weighted by Gasteiger charge is 2.05. The Hall–Kier alpha value is -2.69. The second-order valence-electron chi connectivity index (χ2n) is 6.04. The number of methoxy groups -OCH3 is 1. The zero-order chi connectivity index (χ0) is 18.6. The lowest BCUT2D eigenvalue weighted by Gasteiger charge is -2.11. The van der Waals surface area contributed by atoms with E-state index in [1.807, 2.05) is 48.5 Å². The van der Waals surface area contributed by atoms with Gasteiger partial charge in [-0.15, -0.1) is 0 Å². The number of hydrogen-bond donors (Lipinski definition) is 2. The molecule has 0 spiro atoms. The quantitative estimate of drug-likeness (QED) is 0.573. The number of para-hydroxylation sites is 2. The second kappa shape index (κ2) is 11.0. The molecule has 0 heterocycles. The maximum absolute atomic E-state index is 12.1. The van der Waals surface area contributed by atoms with Crippen molar-refractivity contribution in [3.05, 3.63) is 48.5 Å². The minimum Gasteiger partial charge on any atom is -0.495 e. The number of benzene rings is 2. The van der Waals surface area contributed by atoms with E-state index in [4.69, 9.17) is 9.47 Å². The number of anilines is 2. The third-order valence-electron chi connectivity index (χ3n) is 3.95. The summed E-state index contributed by atoms with van der Waals surface area (Å²) < 4.78 is 11.0. The molecule has 26 heavy (non-hydrogen) atoms. The molecule has 2 aromatic rings. The predicted octanol–water partition coefficient (Wildman–Crippen LogP) is 4.70. The van der Waals surface area contributed by atoms with Crippen LogP contribution in [0.5, 0.6) is 11.5 Å². The fraction of sp³-hybridized carbons (Fsp3) is 0.381. The smallest absolute Gasteiger partial charge is 0.243 e. The van der Waals surface area contributed by atoms with Gasteiger partial charge in [-0.3, -0.25) is 4.79 Å². The summed E-state index contributed by atoms with van der Waals surface area (Å²) in [6.45, 7) is 3.09. The maximum atomic E-state index is 12.1.